The lowest BCUT2D eigenvalue weighted by Gasteiger charge is -2.13. The monoisotopic (exact) mass is 398 g/mol. The van der Waals surface area contributed by atoms with E-state index in [1.165, 1.54) is 0 Å². The molecule has 0 spiro atoms. The number of amides is 1. The number of nitrogens with two attached hydrogens (primary N) is 2. The zero-order chi connectivity index (χ0) is 21.1. The molecule has 0 radical (unpaired) electrons. The fraction of sp³-hybridized carbons (Fsp3) is 0.0833. The maximum absolute atomic E-state index is 12.4. The number of carbonyl (C=O) groups is 1. The number of rotatable bonds is 5. The second-order valence-corrected chi connectivity index (χ2v) is 6.91. The van der Waals surface area contributed by atoms with Gasteiger partial charge in [-0.3, -0.25) is 4.79 Å². The summed E-state index contributed by atoms with van der Waals surface area (Å²) < 4.78 is 7.28. The average molecular weight is 398 g/mol. The largest absolute Gasteiger partial charge is 0.497 e. The topological polar surface area (TPSA) is 95.6 Å². The highest BCUT2D eigenvalue weighted by Gasteiger charge is 2.15. The summed E-state index contributed by atoms with van der Waals surface area (Å²) in [5, 5.41) is 2.28. The first kappa shape index (κ1) is 19.3. The molecule has 0 aliphatic carbocycles. The Bertz CT molecular complexity index is 1250. The number of benzene rings is 3. The lowest BCUT2D eigenvalue weighted by Crippen LogP contribution is -2.25. The summed E-state index contributed by atoms with van der Waals surface area (Å²) >= 11 is 0. The van der Waals surface area contributed by atoms with Crippen LogP contribution in [0.4, 0.5) is 0 Å². The Morgan fingerprint density at radius 3 is 2.27 bits per heavy atom. The van der Waals surface area contributed by atoms with Crippen LogP contribution in [0.2, 0.25) is 0 Å². The third-order valence-electron chi connectivity index (χ3n) is 4.94. The molecule has 1 heterocycles. The van der Waals surface area contributed by atoms with Crippen molar-refractivity contribution in [1.82, 2.24) is 4.57 Å². The normalized spacial score (nSPS) is 10.7. The summed E-state index contributed by atoms with van der Waals surface area (Å²) in [5.74, 6) is 0.0720. The summed E-state index contributed by atoms with van der Waals surface area (Å²) in [5.41, 5.74) is 14.5. The quantitative estimate of drug-likeness (QED) is 0.395. The van der Waals surface area contributed by atoms with Gasteiger partial charge in [0, 0.05) is 17.0 Å². The molecule has 1 aromatic heterocycles. The number of ether oxygens (including phenoxy) is 1. The number of hydrogen-bond donors (Lipinski definition) is 2. The highest BCUT2D eigenvalue weighted by Crippen LogP contribution is 2.32. The minimum Gasteiger partial charge on any atom is -0.497 e. The van der Waals surface area contributed by atoms with Gasteiger partial charge in [0.1, 0.15) is 12.3 Å². The second kappa shape index (κ2) is 8.13. The van der Waals surface area contributed by atoms with Gasteiger partial charge in [-0.05, 0) is 46.7 Å². The average Bonchev–Trinajstić information content (AvgIpc) is 3.16. The molecule has 0 saturated heterocycles. The summed E-state index contributed by atoms with van der Waals surface area (Å²) in [7, 11) is 1.63. The van der Waals surface area contributed by atoms with Crippen LogP contribution in [0.15, 0.2) is 83.9 Å². The minimum atomic E-state index is -0.419. The lowest BCUT2D eigenvalue weighted by molar-refractivity contribution is -0.118. The Kier molecular flexibility index (Phi) is 5.22. The van der Waals surface area contributed by atoms with Crippen LogP contribution >= 0.6 is 0 Å². The predicted molar refractivity (Wildman–Crippen MR) is 120 cm³/mol. The molecule has 4 rings (SSSR count). The van der Waals surface area contributed by atoms with E-state index in [1.807, 2.05) is 53.1 Å². The van der Waals surface area contributed by atoms with Crippen molar-refractivity contribution in [2.24, 2.45) is 16.5 Å². The minimum absolute atomic E-state index is 0.0135. The number of guanidine groups is 1. The Morgan fingerprint density at radius 1 is 0.867 bits per heavy atom. The first-order valence-corrected chi connectivity index (χ1v) is 9.51. The molecule has 6 nitrogen and oxygen atoms in total. The second-order valence-electron chi connectivity index (χ2n) is 6.91. The molecular formula is C24H22N4O2. The predicted octanol–water partition coefficient (Wildman–Crippen LogP) is 3.78. The molecule has 150 valence electrons. The zero-order valence-electron chi connectivity index (χ0n) is 16.6. The van der Waals surface area contributed by atoms with Crippen LogP contribution in [-0.4, -0.2) is 23.5 Å². The van der Waals surface area contributed by atoms with Gasteiger partial charge in [-0.25, -0.2) is 0 Å². The molecule has 6 heteroatoms. The van der Waals surface area contributed by atoms with E-state index in [-0.39, 0.29) is 12.5 Å². The summed E-state index contributed by atoms with van der Waals surface area (Å²) in [6, 6.07) is 26.1. The van der Waals surface area contributed by atoms with Gasteiger partial charge in [0.15, 0.2) is 5.96 Å². The van der Waals surface area contributed by atoms with Crippen molar-refractivity contribution in [3.63, 3.8) is 0 Å². The van der Waals surface area contributed by atoms with E-state index >= 15 is 0 Å². The molecule has 0 aliphatic rings. The summed E-state index contributed by atoms with van der Waals surface area (Å²) in [4.78, 5) is 16.1. The van der Waals surface area contributed by atoms with E-state index in [0.717, 1.165) is 39.0 Å². The molecule has 0 unspecified atom stereocenters. The van der Waals surface area contributed by atoms with Gasteiger partial charge < -0.3 is 20.8 Å². The van der Waals surface area contributed by atoms with E-state index in [9.17, 15) is 4.79 Å². The number of hydrogen-bond acceptors (Lipinski definition) is 2. The maximum atomic E-state index is 12.4. The molecule has 30 heavy (non-hydrogen) atoms. The molecule has 0 bridgehead atoms. The van der Waals surface area contributed by atoms with Crippen molar-refractivity contribution in [2.75, 3.05) is 7.11 Å². The number of nitrogens with zero attached hydrogens (tertiary/aromatic N) is 2. The Labute approximate surface area is 174 Å². The highest BCUT2D eigenvalue weighted by atomic mass is 16.5. The molecule has 3 aromatic carbocycles. The highest BCUT2D eigenvalue weighted by molar-refractivity contribution is 5.92. The first-order valence-electron chi connectivity index (χ1n) is 9.51. The first-order chi connectivity index (χ1) is 14.5. The van der Waals surface area contributed by atoms with Gasteiger partial charge in [0.05, 0.1) is 7.11 Å². The van der Waals surface area contributed by atoms with Gasteiger partial charge in [0.2, 0.25) is 0 Å². The van der Waals surface area contributed by atoms with Gasteiger partial charge in [-0.15, -0.1) is 0 Å². The molecule has 0 atom stereocenters. The third kappa shape index (κ3) is 3.89. The van der Waals surface area contributed by atoms with Crippen LogP contribution in [0.5, 0.6) is 5.75 Å². The Balaban J connectivity index is 1.86. The maximum Gasteiger partial charge on any atom is 0.268 e. The van der Waals surface area contributed by atoms with Crippen molar-refractivity contribution < 1.29 is 9.53 Å². The third-order valence-corrected chi connectivity index (χ3v) is 4.94. The van der Waals surface area contributed by atoms with Gasteiger partial charge in [0.25, 0.3) is 5.91 Å². The summed E-state index contributed by atoms with van der Waals surface area (Å²) in [6.07, 6.45) is 0. The molecule has 1 amide bonds. The van der Waals surface area contributed by atoms with Crippen LogP contribution in [0.3, 0.4) is 0 Å². The van der Waals surface area contributed by atoms with E-state index in [1.54, 1.807) is 7.11 Å². The fourth-order valence-electron chi connectivity index (χ4n) is 3.59. The van der Waals surface area contributed by atoms with Crippen LogP contribution in [0.25, 0.3) is 33.3 Å². The van der Waals surface area contributed by atoms with Crippen molar-refractivity contribution in [1.29, 1.82) is 0 Å². The standard InChI is InChI=1S/C24H22N4O2/c1-30-20-8-4-7-18(14-20)21-11-12-22(28(21)15-23(29)27-24(25)26)19-10-9-16-5-2-3-6-17(16)13-19/h2-14H,15H2,1H3,(H4,25,26,27,29). The number of aliphatic imine (C=N–C) groups is 1. The van der Waals surface area contributed by atoms with E-state index < -0.39 is 5.91 Å². The smallest absolute Gasteiger partial charge is 0.268 e. The van der Waals surface area contributed by atoms with Crippen molar-refractivity contribution in [2.45, 2.75) is 6.54 Å². The lowest BCUT2D eigenvalue weighted by atomic mass is 10.1. The van der Waals surface area contributed by atoms with Crippen LogP contribution in [-0.2, 0) is 11.3 Å². The molecule has 0 fully saturated rings. The summed E-state index contributed by atoms with van der Waals surface area (Å²) in [6.45, 7) is 0.0135. The SMILES string of the molecule is COc1cccc(-c2ccc(-c3ccc4ccccc4c3)n2CC(=O)N=C(N)N)c1. The van der Waals surface area contributed by atoms with Crippen LogP contribution in [0.1, 0.15) is 0 Å². The van der Waals surface area contributed by atoms with E-state index in [4.69, 9.17) is 16.2 Å². The zero-order valence-corrected chi connectivity index (χ0v) is 16.6. The van der Waals surface area contributed by atoms with Crippen molar-refractivity contribution >= 4 is 22.6 Å². The van der Waals surface area contributed by atoms with E-state index in [0.29, 0.717) is 0 Å². The number of aromatic nitrogens is 1. The molecule has 4 N–H and O–H groups in total. The van der Waals surface area contributed by atoms with Gasteiger partial charge in [-0.1, -0.05) is 48.5 Å². The van der Waals surface area contributed by atoms with Crippen LogP contribution in [0, 0.1) is 0 Å². The Morgan fingerprint density at radius 2 is 1.57 bits per heavy atom. The van der Waals surface area contributed by atoms with Crippen molar-refractivity contribution in [3.05, 3.63) is 78.9 Å². The fourth-order valence-corrected chi connectivity index (χ4v) is 3.59. The molecule has 0 aliphatic heterocycles. The molecule has 0 saturated carbocycles. The molecule has 4 aromatic rings. The van der Waals surface area contributed by atoms with Gasteiger partial charge in [-0.2, -0.15) is 4.99 Å². The van der Waals surface area contributed by atoms with Crippen LogP contribution < -0.4 is 16.2 Å². The van der Waals surface area contributed by atoms with E-state index in [2.05, 4.69) is 35.3 Å². The number of methoxy groups -OCH3 is 1. The Hall–Kier alpha value is -4.06. The molecular weight excluding hydrogens is 376 g/mol. The number of carbonyl (C=O) groups excluding carboxylic acids is 1. The number of fused-ring (bicyclic) bond motifs is 1. The van der Waals surface area contributed by atoms with Crippen molar-refractivity contribution in [3.8, 4) is 28.3 Å². The van der Waals surface area contributed by atoms with Gasteiger partial charge >= 0.3 is 0 Å².